The molecule has 0 aromatic heterocycles. The zero-order chi connectivity index (χ0) is 17.8. The first kappa shape index (κ1) is 16.9. The van der Waals surface area contributed by atoms with E-state index in [4.69, 9.17) is 0 Å². The van der Waals surface area contributed by atoms with Crippen molar-refractivity contribution in [3.05, 3.63) is 64.8 Å². The molecule has 126 valence electrons. The average molecular weight is 355 g/mol. The molecule has 0 atom stereocenters. The first-order chi connectivity index (χ1) is 12.0. The molecule has 1 aliphatic heterocycles. The normalized spacial score (nSPS) is 17.0. The summed E-state index contributed by atoms with van der Waals surface area (Å²) < 4.78 is 12.9. The van der Waals surface area contributed by atoms with Gasteiger partial charge in [-0.25, -0.2) is 9.38 Å². The lowest BCUT2D eigenvalue weighted by molar-refractivity contribution is -0.115. The van der Waals surface area contributed by atoms with Gasteiger partial charge < -0.3 is 10.6 Å². The number of benzene rings is 2. The fourth-order valence-electron chi connectivity index (χ4n) is 2.13. The Morgan fingerprint density at radius 3 is 2.48 bits per heavy atom. The lowest BCUT2D eigenvalue weighted by atomic mass is 10.2. The Hall–Kier alpha value is -2.93. The predicted octanol–water partition coefficient (Wildman–Crippen LogP) is 3.68. The lowest BCUT2D eigenvalue weighted by Gasteiger charge is -2.02. The SMILES string of the molecule is CC(=O)Nc1ccc(N=C2NC(=O)/C(=C/c3ccc(F)cc3)S2)cc1. The van der Waals surface area contributed by atoms with Gasteiger partial charge in [-0.1, -0.05) is 12.1 Å². The number of thioether (sulfide) groups is 1. The number of amides is 2. The van der Waals surface area contributed by atoms with Crippen LogP contribution in [0.4, 0.5) is 15.8 Å². The highest BCUT2D eigenvalue weighted by molar-refractivity contribution is 8.18. The van der Waals surface area contributed by atoms with E-state index in [9.17, 15) is 14.0 Å². The highest BCUT2D eigenvalue weighted by atomic mass is 32.2. The summed E-state index contributed by atoms with van der Waals surface area (Å²) >= 11 is 1.21. The molecule has 0 unspecified atom stereocenters. The average Bonchev–Trinajstić information content (AvgIpc) is 2.90. The first-order valence-electron chi connectivity index (χ1n) is 7.42. The van der Waals surface area contributed by atoms with Gasteiger partial charge in [-0.3, -0.25) is 9.59 Å². The van der Waals surface area contributed by atoms with Gasteiger partial charge in [-0.2, -0.15) is 0 Å². The number of hydrogen-bond donors (Lipinski definition) is 2. The van der Waals surface area contributed by atoms with Gasteiger partial charge in [0, 0.05) is 12.6 Å². The van der Waals surface area contributed by atoms with Crippen molar-refractivity contribution in [1.82, 2.24) is 5.32 Å². The number of carbonyl (C=O) groups is 2. The third-order valence-electron chi connectivity index (χ3n) is 3.24. The molecule has 0 radical (unpaired) electrons. The molecule has 0 saturated carbocycles. The van der Waals surface area contributed by atoms with Crippen LogP contribution in [0, 0.1) is 5.82 Å². The standard InChI is InChI=1S/C18H14FN3O2S/c1-11(23)20-14-6-8-15(9-7-14)21-18-22-17(24)16(25-18)10-12-2-4-13(19)5-3-12/h2-10H,1H3,(H,20,23)(H,21,22,24)/b16-10-. The summed E-state index contributed by atoms with van der Waals surface area (Å²) in [6.45, 7) is 1.44. The molecule has 5 nitrogen and oxygen atoms in total. The largest absolute Gasteiger partial charge is 0.326 e. The minimum absolute atomic E-state index is 0.145. The summed E-state index contributed by atoms with van der Waals surface area (Å²) in [5.74, 6) is -0.716. The molecule has 2 N–H and O–H groups in total. The summed E-state index contributed by atoms with van der Waals surface area (Å²) in [6.07, 6.45) is 1.68. The van der Waals surface area contributed by atoms with Crippen molar-refractivity contribution < 1.29 is 14.0 Å². The van der Waals surface area contributed by atoms with Crippen LogP contribution in [0.5, 0.6) is 0 Å². The topological polar surface area (TPSA) is 70.6 Å². The number of anilines is 1. The van der Waals surface area contributed by atoms with Gasteiger partial charge in [0.05, 0.1) is 10.6 Å². The van der Waals surface area contributed by atoms with Crippen molar-refractivity contribution in [2.75, 3.05) is 5.32 Å². The monoisotopic (exact) mass is 355 g/mol. The van der Waals surface area contributed by atoms with Crippen LogP contribution in [0.2, 0.25) is 0 Å². The molecule has 3 rings (SSSR count). The zero-order valence-corrected chi connectivity index (χ0v) is 14.1. The van der Waals surface area contributed by atoms with Crippen LogP contribution in [-0.2, 0) is 9.59 Å². The van der Waals surface area contributed by atoms with Crippen LogP contribution in [-0.4, -0.2) is 17.0 Å². The van der Waals surface area contributed by atoms with E-state index in [2.05, 4.69) is 15.6 Å². The van der Waals surface area contributed by atoms with E-state index in [1.165, 1.54) is 30.8 Å². The second kappa shape index (κ2) is 7.31. The Labute approximate surface area is 148 Å². The number of halogens is 1. The van der Waals surface area contributed by atoms with Crippen molar-refractivity contribution >= 4 is 46.2 Å². The van der Waals surface area contributed by atoms with Gasteiger partial charge in [0.2, 0.25) is 5.91 Å². The van der Waals surface area contributed by atoms with Crippen LogP contribution in [0.15, 0.2) is 58.4 Å². The molecule has 7 heteroatoms. The first-order valence-corrected chi connectivity index (χ1v) is 8.24. The maximum Gasteiger partial charge on any atom is 0.264 e. The third kappa shape index (κ3) is 4.54. The molecule has 2 aromatic carbocycles. The quantitative estimate of drug-likeness (QED) is 0.825. The van der Waals surface area contributed by atoms with Gasteiger partial charge in [0.15, 0.2) is 5.17 Å². The Kier molecular flexibility index (Phi) is 4.95. The van der Waals surface area contributed by atoms with E-state index in [1.54, 1.807) is 42.5 Å². The summed E-state index contributed by atoms with van der Waals surface area (Å²) in [7, 11) is 0. The highest BCUT2D eigenvalue weighted by Gasteiger charge is 2.23. The van der Waals surface area contributed by atoms with Crippen molar-refractivity contribution in [2.45, 2.75) is 6.92 Å². The third-order valence-corrected chi connectivity index (χ3v) is 4.15. The van der Waals surface area contributed by atoms with E-state index in [0.717, 1.165) is 5.56 Å². The van der Waals surface area contributed by atoms with E-state index >= 15 is 0 Å². The lowest BCUT2D eigenvalue weighted by Crippen LogP contribution is -2.19. The summed E-state index contributed by atoms with van der Waals surface area (Å²) in [6, 6.07) is 12.8. The molecular formula is C18H14FN3O2S. The number of aliphatic imine (C=N–C) groups is 1. The Morgan fingerprint density at radius 1 is 1.16 bits per heavy atom. The van der Waals surface area contributed by atoms with Gasteiger partial charge >= 0.3 is 0 Å². The van der Waals surface area contributed by atoms with E-state index in [-0.39, 0.29) is 17.6 Å². The predicted molar refractivity (Wildman–Crippen MR) is 98.0 cm³/mol. The molecule has 2 aromatic rings. The maximum atomic E-state index is 12.9. The van der Waals surface area contributed by atoms with Crippen molar-refractivity contribution in [2.24, 2.45) is 4.99 Å². The van der Waals surface area contributed by atoms with Crippen LogP contribution in [0.25, 0.3) is 6.08 Å². The zero-order valence-electron chi connectivity index (χ0n) is 13.2. The molecule has 0 spiro atoms. The van der Waals surface area contributed by atoms with Crippen LogP contribution in [0.3, 0.4) is 0 Å². The molecule has 0 aliphatic carbocycles. The summed E-state index contributed by atoms with van der Waals surface area (Å²) in [5, 5.41) is 5.83. The molecular weight excluding hydrogens is 341 g/mol. The van der Waals surface area contributed by atoms with Gasteiger partial charge in [0.25, 0.3) is 5.91 Å². The Bertz CT molecular complexity index is 874. The molecule has 0 bridgehead atoms. The van der Waals surface area contributed by atoms with Crippen LogP contribution >= 0.6 is 11.8 Å². The number of nitrogens with one attached hydrogen (secondary N) is 2. The summed E-state index contributed by atoms with van der Waals surface area (Å²) in [4.78, 5) is 27.9. The number of rotatable bonds is 3. The Morgan fingerprint density at radius 2 is 1.84 bits per heavy atom. The molecule has 25 heavy (non-hydrogen) atoms. The van der Waals surface area contributed by atoms with E-state index in [0.29, 0.717) is 21.4 Å². The Balaban J connectivity index is 1.74. The number of hydrogen-bond acceptors (Lipinski definition) is 4. The molecule has 1 saturated heterocycles. The number of carbonyl (C=O) groups excluding carboxylic acids is 2. The van der Waals surface area contributed by atoms with Crippen LogP contribution < -0.4 is 10.6 Å². The molecule has 1 fully saturated rings. The highest BCUT2D eigenvalue weighted by Crippen LogP contribution is 2.28. The van der Waals surface area contributed by atoms with Gasteiger partial charge in [-0.05, 0) is 59.8 Å². The fraction of sp³-hybridized carbons (Fsp3) is 0.0556. The van der Waals surface area contributed by atoms with Gasteiger partial charge in [0.1, 0.15) is 5.82 Å². The minimum atomic E-state index is -0.323. The van der Waals surface area contributed by atoms with Crippen molar-refractivity contribution in [3.8, 4) is 0 Å². The molecule has 2 amide bonds. The number of amidine groups is 1. The molecule has 1 heterocycles. The summed E-state index contributed by atoms with van der Waals surface area (Å²) in [5.41, 5.74) is 2.07. The minimum Gasteiger partial charge on any atom is -0.326 e. The number of nitrogens with zero attached hydrogens (tertiary/aromatic N) is 1. The van der Waals surface area contributed by atoms with Gasteiger partial charge in [-0.15, -0.1) is 0 Å². The second-order valence-corrected chi connectivity index (χ2v) is 6.29. The van der Waals surface area contributed by atoms with Crippen molar-refractivity contribution in [3.63, 3.8) is 0 Å². The van der Waals surface area contributed by atoms with Crippen LogP contribution in [0.1, 0.15) is 12.5 Å². The van der Waals surface area contributed by atoms with Crippen molar-refractivity contribution in [1.29, 1.82) is 0 Å². The molecule has 1 aliphatic rings. The maximum absolute atomic E-state index is 12.9. The fourth-order valence-corrected chi connectivity index (χ4v) is 2.97. The van der Waals surface area contributed by atoms with E-state index < -0.39 is 0 Å². The van der Waals surface area contributed by atoms with E-state index in [1.807, 2.05) is 0 Å². The second-order valence-electron chi connectivity index (χ2n) is 5.26. The smallest absolute Gasteiger partial charge is 0.264 e.